The maximum atomic E-state index is 13.7. The third-order valence-electron chi connectivity index (χ3n) is 3.13. The standard InChI is InChI=1S/C16H10FNO2/c17-13-6-3-5-12(15(13)16(19)20)11-8-10-4-1-2-7-14(10)18-9-11/h1-9H,(H,19,20). The zero-order chi connectivity index (χ0) is 14.1. The van der Waals surface area contributed by atoms with Crippen molar-refractivity contribution in [2.24, 2.45) is 0 Å². The van der Waals surface area contributed by atoms with Gasteiger partial charge in [0.2, 0.25) is 0 Å². The number of hydrogen-bond acceptors (Lipinski definition) is 2. The van der Waals surface area contributed by atoms with Crippen LogP contribution in [0.3, 0.4) is 0 Å². The van der Waals surface area contributed by atoms with Crippen LogP contribution in [0.4, 0.5) is 4.39 Å². The Labute approximate surface area is 114 Å². The number of pyridine rings is 1. The highest BCUT2D eigenvalue weighted by Crippen LogP contribution is 2.27. The first-order valence-electron chi connectivity index (χ1n) is 6.04. The second-order valence-electron chi connectivity index (χ2n) is 4.38. The van der Waals surface area contributed by atoms with Gasteiger partial charge in [-0.05, 0) is 18.2 Å². The summed E-state index contributed by atoms with van der Waals surface area (Å²) in [7, 11) is 0. The summed E-state index contributed by atoms with van der Waals surface area (Å²) in [5.41, 5.74) is 1.39. The van der Waals surface area contributed by atoms with Crippen molar-refractivity contribution in [1.29, 1.82) is 0 Å². The van der Waals surface area contributed by atoms with Gasteiger partial charge < -0.3 is 5.11 Å². The lowest BCUT2D eigenvalue weighted by molar-refractivity contribution is 0.0693. The van der Waals surface area contributed by atoms with E-state index in [1.165, 1.54) is 6.07 Å². The SMILES string of the molecule is O=C(O)c1c(F)cccc1-c1cnc2ccccc2c1. The van der Waals surface area contributed by atoms with Crippen LogP contribution in [0.15, 0.2) is 54.7 Å². The maximum absolute atomic E-state index is 13.7. The van der Waals surface area contributed by atoms with E-state index in [0.717, 1.165) is 17.0 Å². The van der Waals surface area contributed by atoms with Crippen LogP contribution in [-0.4, -0.2) is 16.1 Å². The van der Waals surface area contributed by atoms with E-state index in [1.54, 1.807) is 12.3 Å². The summed E-state index contributed by atoms with van der Waals surface area (Å²) in [5, 5.41) is 10.0. The van der Waals surface area contributed by atoms with E-state index in [-0.39, 0.29) is 5.56 Å². The van der Waals surface area contributed by atoms with E-state index in [1.807, 2.05) is 30.3 Å². The molecule has 1 aromatic heterocycles. The highest BCUT2D eigenvalue weighted by Gasteiger charge is 2.17. The molecule has 0 radical (unpaired) electrons. The number of para-hydroxylation sites is 1. The van der Waals surface area contributed by atoms with Crippen molar-refractivity contribution in [1.82, 2.24) is 4.98 Å². The number of aromatic nitrogens is 1. The Hall–Kier alpha value is -2.75. The van der Waals surface area contributed by atoms with Gasteiger partial charge in [0, 0.05) is 22.7 Å². The number of carbonyl (C=O) groups is 1. The zero-order valence-electron chi connectivity index (χ0n) is 10.4. The first-order valence-corrected chi connectivity index (χ1v) is 6.04. The van der Waals surface area contributed by atoms with Gasteiger partial charge in [-0.1, -0.05) is 30.3 Å². The highest BCUT2D eigenvalue weighted by atomic mass is 19.1. The number of carboxylic acid groups (broad SMARTS) is 1. The lowest BCUT2D eigenvalue weighted by Gasteiger charge is -2.08. The minimum atomic E-state index is -1.29. The average Bonchev–Trinajstić information content (AvgIpc) is 2.46. The van der Waals surface area contributed by atoms with E-state index in [0.29, 0.717) is 11.1 Å². The largest absolute Gasteiger partial charge is 0.478 e. The van der Waals surface area contributed by atoms with Crippen molar-refractivity contribution in [3.8, 4) is 11.1 Å². The van der Waals surface area contributed by atoms with Crippen LogP contribution >= 0.6 is 0 Å². The Kier molecular flexibility index (Phi) is 2.91. The van der Waals surface area contributed by atoms with E-state index in [9.17, 15) is 9.18 Å². The lowest BCUT2D eigenvalue weighted by atomic mass is 9.99. The van der Waals surface area contributed by atoms with Gasteiger partial charge in [-0.25, -0.2) is 9.18 Å². The molecule has 0 saturated carbocycles. The summed E-state index contributed by atoms with van der Waals surface area (Å²) in [6.07, 6.45) is 1.56. The second kappa shape index (κ2) is 4.74. The van der Waals surface area contributed by atoms with Gasteiger partial charge >= 0.3 is 5.97 Å². The lowest BCUT2D eigenvalue weighted by Crippen LogP contribution is -2.03. The molecule has 98 valence electrons. The molecular formula is C16H10FNO2. The molecule has 3 rings (SSSR count). The van der Waals surface area contributed by atoms with Gasteiger partial charge in [0.05, 0.1) is 5.52 Å². The molecule has 3 aromatic rings. The predicted octanol–water partition coefficient (Wildman–Crippen LogP) is 3.74. The van der Waals surface area contributed by atoms with Crippen LogP contribution in [0, 0.1) is 5.82 Å². The number of halogens is 1. The van der Waals surface area contributed by atoms with E-state index >= 15 is 0 Å². The number of fused-ring (bicyclic) bond motifs is 1. The Balaban J connectivity index is 2.25. The molecule has 2 aromatic carbocycles. The maximum Gasteiger partial charge on any atom is 0.339 e. The Bertz CT molecular complexity index is 814. The molecule has 0 saturated heterocycles. The minimum absolute atomic E-state index is 0.329. The molecule has 0 fully saturated rings. The average molecular weight is 267 g/mol. The summed E-state index contributed by atoms with van der Waals surface area (Å²) >= 11 is 0. The molecule has 1 N–H and O–H groups in total. The van der Waals surface area contributed by atoms with Crippen LogP contribution in [0.1, 0.15) is 10.4 Å². The normalized spacial score (nSPS) is 10.7. The second-order valence-corrected chi connectivity index (χ2v) is 4.38. The summed E-state index contributed by atoms with van der Waals surface area (Å²) < 4.78 is 13.7. The molecule has 1 heterocycles. The summed E-state index contributed by atoms with van der Waals surface area (Å²) in [5.74, 6) is -2.03. The molecule has 0 atom stereocenters. The molecule has 0 bridgehead atoms. The summed E-state index contributed by atoms with van der Waals surface area (Å²) in [6, 6.07) is 13.5. The van der Waals surface area contributed by atoms with Gasteiger partial charge in [-0.3, -0.25) is 4.98 Å². The van der Waals surface area contributed by atoms with Crippen molar-refractivity contribution in [2.75, 3.05) is 0 Å². The Morgan fingerprint density at radius 1 is 1.10 bits per heavy atom. The Morgan fingerprint density at radius 2 is 1.90 bits per heavy atom. The number of benzene rings is 2. The molecule has 0 aliphatic rings. The fourth-order valence-corrected chi connectivity index (χ4v) is 2.20. The molecule has 0 amide bonds. The monoisotopic (exact) mass is 267 g/mol. The smallest absolute Gasteiger partial charge is 0.339 e. The van der Waals surface area contributed by atoms with Crippen LogP contribution in [0.5, 0.6) is 0 Å². The molecule has 0 aliphatic carbocycles. The van der Waals surface area contributed by atoms with Crippen molar-refractivity contribution >= 4 is 16.9 Å². The number of aromatic carboxylic acids is 1. The third-order valence-corrected chi connectivity index (χ3v) is 3.13. The molecule has 3 nitrogen and oxygen atoms in total. The van der Waals surface area contributed by atoms with Crippen molar-refractivity contribution in [3.63, 3.8) is 0 Å². The van der Waals surface area contributed by atoms with Crippen LogP contribution in [0.25, 0.3) is 22.0 Å². The number of nitrogens with zero attached hydrogens (tertiary/aromatic N) is 1. The fourth-order valence-electron chi connectivity index (χ4n) is 2.20. The molecule has 0 unspecified atom stereocenters. The number of hydrogen-bond donors (Lipinski definition) is 1. The Morgan fingerprint density at radius 3 is 2.70 bits per heavy atom. The quantitative estimate of drug-likeness (QED) is 0.769. The fraction of sp³-hybridized carbons (Fsp3) is 0. The summed E-state index contributed by atoms with van der Waals surface area (Å²) in [6.45, 7) is 0. The first-order chi connectivity index (χ1) is 9.66. The molecular weight excluding hydrogens is 257 g/mol. The molecule has 4 heteroatoms. The third kappa shape index (κ3) is 2.01. The first kappa shape index (κ1) is 12.3. The molecule has 0 spiro atoms. The van der Waals surface area contributed by atoms with Crippen molar-refractivity contribution in [3.05, 3.63) is 66.1 Å². The topological polar surface area (TPSA) is 50.2 Å². The van der Waals surface area contributed by atoms with Crippen LogP contribution in [0.2, 0.25) is 0 Å². The van der Waals surface area contributed by atoms with Gasteiger partial charge in [0.15, 0.2) is 0 Å². The number of carboxylic acids is 1. The van der Waals surface area contributed by atoms with E-state index in [4.69, 9.17) is 5.11 Å². The highest BCUT2D eigenvalue weighted by molar-refractivity contribution is 5.97. The van der Waals surface area contributed by atoms with Crippen molar-refractivity contribution in [2.45, 2.75) is 0 Å². The van der Waals surface area contributed by atoms with E-state index in [2.05, 4.69) is 4.98 Å². The molecule has 20 heavy (non-hydrogen) atoms. The van der Waals surface area contributed by atoms with Crippen molar-refractivity contribution < 1.29 is 14.3 Å². The van der Waals surface area contributed by atoms with E-state index < -0.39 is 11.8 Å². The van der Waals surface area contributed by atoms with Gasteiger partial charge in [0.25, 0.3) is 0 Å². The van der Waals surface area contributed by atoms with Gasteiger partial charge in [-0.15, -0.1) is 0 Å². The summed E-state index contributed by atoms with van der Waals surface area (Å²) in [4.78, 5) is 15.5. The number of rotatable bonds is 2. The zero-order valence-corrected chi connectivity index (χ0v) is 10.4. The van der Waals surface area contributed by atoms with Gasteiger partial charge in [-0.2, -0.15) is 0 Å². The van der Waals surface area contributed by atoms with Gasteiger partial charge in [0.1, 0.15) is 11.4 Å². The molecule has 0 aliphatic heterocycles. The predicted molar refractivity (Wildman–Crippen MR) is 74.1 cm³/mol. The minimum Gasteiger partial charge on any atom is -0.478 e. The van der Waals surface area contributed by atoms with Crippen LogP contribution in [-0.2, 0) is 0 Å². The van der Waals surface area contributed by atoms with Crippen LogP contribution < -0.4 is 0 Å².